The van der Waals surface area contributed by atoms with E-state index in [1.54, 1.807) is 10.7 Å². The van der Waals surface area contributed by atoms with Crippen LogP contribution in [0.2, 0.25) is 10.0 Å². The molecule has 0 atom stereocenters. The fourth-order valence-corrected chi connectivity index (χ4v) is 3.27. The number of nitrogens with zero attached hydrogens (tertiary/aromatic N) is 3. The van der Waals surface area contributed by atoms with E-state index in [9.17, 15) is 4.79 Å². The number of nitrogens with one attached hydrogen (secondary N) is 1. The molecular formula is C18H18Cl2N4O2. The number of fused-ring (bicyclic) bond motifs is 1. The largest absolute Gasteiger partial charge is 0.480 e. The molecule has 0 aliphatic heterocycles. The van der Waals surface area contributed by atoms with Crippen LogP contribution in [0.1, 0.15) is 17.1 Å². The lowest BCUT2D eigenvalue weighted by Crippen LogP contribution is -2.21. The summed E-state index contributed by atoms with van der Waals surface area (Å²) in [5.74, 6) is 0.0283. The Balaban J connectivity index is 1.83. The van der Waals surface area contributed by atoms with Crippen LogP contribution in [-0.4, -0.2) is 27.3 Å². The Kier molecular flexibility index (Phi) is 5.07. The molecule has 0 unspecified atom stereocenters. The summed E-state index contributed by atoms with van der Waals surface area (Å²) in [7, 11) is 1.82. The van der Waals surface area contributed by atoms with Crippen molar-refractivity contribution in [2.75, 3.05) is 11.9 Å². The third kappa shape index (κ3) is 3.48. The fraction of sp³-hybridized carbons (Fsp3) is 0.278. The lowest BCUT2D eigenvalue weighted by atomic mass is 10.2. The molecule has 0 spiro atoms. The minimum Gasteiger partial charge on any atom is -0.480 e. The third-order valence-electron chi connectivity index (χ3n) is 4.10. The maximum atomic E-state index is 12.3. The highest BCUT2D eigenvalue weighted by Gasteiger charge is 2.16. The van der Waals surface area contributed by atoms with Gasteiger partial charge in [-0.1, -0.05) is 23.2 Å². The van der Waals surface area contributed by atoms with Crippen LogP contribution in [0.4, 0.5) is 5.69 Å². The zero-order valence-corrected chi connectivity index (χ0v) is 16.4. The van der Waals surface area contributed by atoms with Crippen LogP contribution >= 0.6 is 23.2 Å². The lowest BCUT2D eigenvalue weighted by Gasteiger charge is -2.12. The van der Waals surface area contributed by atoms with Gasteiger partial charge in [0, 0.05) is 18.1 Å². The van der Waals surface area contributed by atoms with E-state index in [1.807, 2.05) is 40.0 Å². The predicted octanol–water partition coefficient (Wildman–Crippen LogP) is 4.22. The van der Waals surface area contributed by atoms with Gasteiger partial charge in [-0.2, -0.15) is 5.10 Å². The van der Waals surface area contributed by atoms with E-state index in [1.165, 1.54) is 0 Å². The number of aromatic nitrogens is 3. The summed E-state index contributed by atoms with van der Waals surface area (Å²) < 4.78 is 7.40. The van der Waals surface area contributed by atoms with Gasteiger partial charge in [-0.05, 0) is 39.0 Å². The lowest BCUT2D eigenvalue weighted by molar-refractivity contribution is -0.118. The molecule has 0 aliphatic carbocycles. The Bertz CT molecular complexity index is 1010. The van der Waals surface area contributed by atoms with Crippen LogP contribution in [0.25, 0.3) is 10.9 Å². The highest BCUT2D eigenvalue weighted by Crippen LogP contribution is 2.37. The van der Waals surface area contributed by atoms with E-state index in [0.717, 1.165) is 22.5 Å². The zero-order chi connectivity index (χ0) is 19.0. The van der Waals surface area contributed by atoms with Crippen molar-refractivity contribution in [2.24, 2.45) is 7.05 Å². The first-order chi connectivity index (χ1) is 12.3. The van der Waals surface area contributed by atoms with Crippen molar-refractivity contribution in [3.05, 3.63) is 45.3 Å². The molecule has 0 saturated carbocycles. The highest BCUT2D eigenvalue weighted by atomic mass is 35.5. The van der Waals surface area contributed by atoms with E-state index < -0.39 is 0 Å². The summed E-state index contributed by atoms with van der Waals surface area (Å²) in [6.45, 7) is 5.37. The van der Waals surface area contributed by atoms with Gasteiger partial charge in [0.1, 0.15) is 5.52 Å². The summed E-state index contributed by atoms with van der Waals surface area (Å²) in [5.41, 5.74) is 3.62. The molecule has 8 heteroatoms. The molecule has 0 fully saturated rings. The van der Waals surface area contributed by atoms with Gasteiger partial charge in [0.25, 0.3) is 5.91 Å². The van der Waals surface area contributed by atoms with Gasteiger partial charge in [0.05, 0.1) is 27.1 Å². The Hall–Kier alpha value is -2.31. The van der Waals surface area contributed by atoms with Crippen LogP contribution in [-0.2, 0) is 11.8 Å². The predicted molar refractivity (Wildman–Crippen MR) is 103 cm³/mol. The second kappa shape index (κ2) is 7.13. The molecule has 1 amide bonds. The monoisotopic (exact) mass is 392 g/mol. The smallest absolute Gasteiger partial charge is 0.262 e. The fourth-order valence-electron chi connectivity index (χ4n) is 2.70. The molecule has 26 heavy (non-hydrogen) atoms. The van der Waals surface area contributed by atoms with Crippen molar-refractivity contribution in [3.8, 4) is 5.75 Å². The topological polar surface area (TPSA) is 69.0 Å². The van der Waals surface area contributed by atoms with Gasteiger partial charge in [0.2, 0.25) is 0 Å². The maximum absolute atomic E-state index is 12.3. The number of hydrogen-bond donors (Lipinski definition) is 1. The van der Waals surface area contributed by atoms with Gasteiger partial charge in [0.15, 0.2) is 12.4 Å². The second-order valence-corrected chi connectivity index (χ2v) is 6.84. The first-order valence-corrected chi connectivity index (χ1v) is 8.71. The number of amides is 1. The molecule has 0 aliphatic rings. The number of ether oxygens (including phenoxy) is 1. The number of rotatable bonds is 4. The summed E-state index contributed by atoms with van der Waals surface area (Å²) >= 11 is 12.5. The number of halogens is 2. The molecule has 3 rings (SSSR count). The minimum absolute atomic E-state index is 0.208. The van der Waals surface area contributed by atoms with Gasteiger partial charge < -0.3 is 10.1 Å². The van der Waals surface area contributed by atoms with Crippen molar-refractivity contribution in [2.45, 2.75) is 20.8 Å². The van der Waals surface area contributed by atoms with Crippen molar-refractivity contribution < 1.29 is 9.53 Å². The number of aryl methyl sites for hydroxylation is 3. The van der Waals surface area contributed by atoms with Crippen molar-refractivity contribution in [1.82, 2.24) is 14.8 Å². The molecule has 2 heterocycles. The molecule has 2 aromatic heterocycles. The van der Waals surface area contributed by atoms with Crippen molar-refractivity contribution >= 4 is 45.7 Å². The Morgan fingerprint density at radius 3 is 2.62 bits per heavy atom. The minimum atomic E-state index is -0.309. The third-order valence-corrected chi connectivity index (χ3v) is 4.69. The van der Waals surface area contributed by atoms with Gasteiger partial charge in [-0.25, -0.2) is 4.98 Å². The quantitative estimate of drug-likeness (QED) is 0.721. The standard InChI is InChI=1S/C18H18Cl2N4O2/c1-9-5-6-12-13(19)7-14(20)18(17(12)21-9)26-8-15(25)22-16-10(2)23-24(4)11(16)3/h5-7H,8H2,1-4H3,(H,22,25). The first kappa shape index (κ1) is 18.5. The van der Waals surface area contributed by atoms with Crippen LogP contribution in [0.5, 0.6) is 5.75 Å². The average molecular weight is 393 g/mol. The Morgan fingerprint density at radius 2 is 1.96 bits per heavy atom. The summed E-state index contributed by atoms with van der Waals surface area (Å²) in [6, 6.07) is 5.29. The molecule has 0 radical (unpaired) electrons. The number of carbonyl (C=O) groups excluding carboxylic acids is 1. The van der Waals surface area contributed by atoms with Gasteiger partial charge in [-0.15, -0.1) is 0 Å². The van der Waals surface area contributed by atoms with E-state index in [-0.39, 0.29) is 12.5 Å². The average Bonchev–Trinajstić information content (AvgIpc) is 2.80. The molecule has 0 bridgehead atoms. The summed E-state index contributed by atoms with van der Waals surface area (Å²) in [5, 5.41) is 8.60. The van der Waals surface area contributed by atoms with E-state index >= 15 is 0 Å². The van der Waals surface area contributed by atoms with E-state index in [2.05, 4.69) is 15.4 Å². The molecule has 1 N–H and O–H groups in total. The Morgan fingerprint density at radius 1 is 1.23 bits per heavy atom. The molecule has 6 nitrogen and oxygen atoms in total. The molecule has 0 saturated heterocycles. The van der Waals surface area contributed by atoms with Gasteiger partial charge >= 0.3 is 0 Å². The highest BCUT2D eigenvalue weighted by molar-refractivity contribution is 6.39. The van der Waals surface area contributed by atoms with Crippen LogP contribution in [0, 0.1) is 20.8 Å². The summed E-state index contributed by atoms with van der Waals surface area (Å²) in [4.78, 5) is 16.8. The maximum Gasteiger partial charge on any atom is 0.262 e. The SMILES string of the molecule is Cc1ccc2c(Cl)cc(Cl)c(OCC(=O)Nc3c(C)nn(C)c3C)c2n1. The molecule has 136 valence electrons. The number of hydrogen-bond acceptors (Lipinski definition) is 4. The number of benzene rings is 1. The zero-order valence-electron chi connectivity index (χ0n) is 14.9. The van der Waals surface area contributed by atoms with Crippen LogP contribution < -0.4 is 10.1 Å². The van der Waals surface area contributed by atoms with E-state index in [4.69, 9.17) is 27.9 Å². The van der Waals surface area contributed by atoms with Crippen molar-refractivity contribution in [1.29, 1.82) is 0 Å². The number of pyridine rings is 1. The molecule has 3 aromatic rings. The van der Waals surface area contributed by atoms with Crippen LogP contribution in [0.3, 0.4) is 0 Å². The van der Waals surface area contributed by atoms with E-state index in [0.29, 0.717) is 27.0 Å². The first-order valence-electron chi connectivity index (χ1n) is 7.96. The number of carbonyl (C=O) groups is 1. The summed E-state index contributed by atoms with van der Waals surface area (Å²) in [6.07, 6.45) is 0. The molecular weight excluding hydrogens is 375 g/mol. The van der Waals surface area contributed by atoms with Crippen LogP contribution in [0.15, 0.2) is 18.2 Å². The molecule has 1 aromatic carbocycles. The second-order valence-electron chi connectivity index (χ2n) is 6.02. The number of anilines is 1. The van der Waals surface area contributed by atoms with Gasteiger partial charge in [-0.3, -0.25) is 9.48 Å². The normalized spacial score (nSPS) is 11.0. The van der Waals surface area contributed by atoms with Crippen molar-refractivity contribution in [3.63, 3.8) is 0 Å². The Labute approximate surface area is 161 Å².